The Morgan fingerprint density at radius 2 is 1.84 bits per heavy atom. The third-order valence-corrected chi connectivity index (χ3v) is 5.24. The number of halogens is 3. The molecule has 0 aliphatic carbocycles. The highest BCUT2D eigenvalue weighted by molar-refractivity contribution is 9.10. The van der Waals surface area contributed by atoms with Crippen molar-refractivity contribution in [2.24, 2.45) is 7.05 Å². The molecule has 0 radical (unpaired) electrons. The molecule has 3 aromatic rings. The van der Waals surface area contributed by atoms with Crippen molar-refractivity contribution in [1.82, 2.24) is 4.57 Å². The van der Waals surface area contributed by atoms with Crippen molar-refractivity contribution in [1.29, 1.82) is 0 Å². The van der Waals surface area contributed by atoms with Gasteiger partial charge in [0.05, 0.1) is 17.1 Å². The van der Waals surface area contributed by atoms with Gasteiger partial charge in [0.25, 0.3) is 0 Å². The van der Waals surface area contributed by atoms with Crippen LogP contribution in [0.5, 0.6) is 0 Å². The van der Waals surface area contributed by atoms with Crippen LogP contribution in [0.25, 0.3) is 11.3 Å². The number of imidazole rings is 1. The molecule has 25 heavy (non-hydrogen) atoms. The van der Waals surface area contributed by atoms with Crippen LogP contribution in [-0.4, -0.2) is 10.4 Å². The van der Waals surface area contributed by atoms with Crippen molar-refractivity contribution >= 4 is 50.9 Å². The van der Waals surface area contributed by atoms with E-state index in [0.717, 1.165) is 15.7 Å². The molecule has 0 atom stereocenters. The fourth-order valence-corrected chi connectivity index (χ4v) is 3.11. The van der Waals surface area contributed by atoms with Gasteiger partial charge >= 0.3 is 5.95 Å². The molecule has 128 valence electrons. The Morgan fingerprint density at radius 3 is 2.48 bits per heavy atom. The lowest BCUT2D eigenvalue weighted by Crippen LogP contribution is -2.39. The molecule has 2 N–H and O–H groups in total. The van der Waals surface area contributed by atoms with E-state index < -0.39 is 0 Å². The average Bonchev–Trinajstić information content (AvgIpc) is 2.86. The Morgan fingerprint density at radius 1 is 1.16 bits per heavy atom. The number of carbonyl (C=O) groups excluding carboxylic acids is 1. The molecule has 1 heterocycles. The van der Waals surface area contributed by atoms with Crippen LogP contribution in [-0.2, 0) is 13.6 Å². The molecule has 0 saturated heterocycles. The van der Waals surface area contributed by atoms with Crippen LogP contribution in [0.4, 0.5) is 5.95 Å². The van der Waals surface area contributed by atoms with Crippen LogP contribution in [0.1, 0.15) is 10.4 Å². The number of nitrogen functional groups attached to an aromatic ring is 1. The van der Waals surface area contributed by atoms with Gasteiger partial charge in [0.2, 0.25) is 0 Å². The largest absolute Gasteiger partial charge is 0.355 e. The summed E-state index contributed by atoms with van der Waals surface area (Å²) in [4.78, 5) is 12.5. The van der Waals surface area contributed by atoms with Crippen molar-refractivity contribution in [2.45, 2.75) is 6.54 Å². The maximum absolute atomic E-state index is 12.5. The highest BCUT2D eigenvalue weighted by Crippen LogP contribution is 2.28. The van der Waals surface area contributed by atoms with E-state index in [4.69, 9.17) is 28.9 Å². The molecule has 7 heteroatoms. The molecule has 1 aromatic heterocycles. The summed E-state index contributed by atoms with van der Waals surface area (Å²) in [6, 6.07) is 12.6. The molecule has 0 bridgehead atoms. The number of nitrogens with two attached hydrogens (primary N) is 1. The first-order valence-corrected chi connectivity index (χ1v) is 9.00. The van der Waals surface area contributed by atoms with E-state index in [1.54, 1.807) is 28.8 Å². The molecule has 3 rings (SSSR count). The standard InChI is InChI=1S/C18H14BrCl2N3O/c1-23-16(12-4-7-14(20)15(21)8-12)9-24(18(23)22)10-17(25)11-2-5-13(19)6-3-11/h2-9,22H,10H2,1H3/p+1. The predicted octanol–water partition coefficient (Wildman–Crippen LogP) is 4.51. The zero-order valence-electron chi connectivity index (χ0n) is 13.3. The lowest BCUT2D eigenvalue weighted by molar-refractivity contribution is -0.667. The van der Waals surface area contributed by atoms with Gasteiger partial charge in [-0.3, -0.25) is 10.5 Å². The van der Waals surface area contributed by atoms with Crippen LogP contribution in [0.2, 0.25) is 10.0 Å². The number of anilines is 1. The van der Waals surface area contributed by atoms with Gasteiger partial charge in [-0.2, -0.15) is 0 Å². The summed E-state index contributed by atoms with van der Waals surface area (Å²) >= 11 is 15.4. The van der Waals surface area contributed by atoms with E-state index in [2.05, 4.69) is 15.9 Å². The third-order valence-electron chi connectivity index (χ3n) is 3.97. The summed E-state index contributed by atoms with van der Waals surface area (Å²) in [6.07, 6.45) is 1.84. The smallest absolute Gasteiger partial charge is 0.291 e. The summed E-state index contributed by atoms with van der Waals surface area (Å²) in [5.74, 6) is 0.460. The molecule has 0 spiro atoms. The maximum atomic E-state index is 12.5. The van der Waals surface area contributed by atoms with Crippen molar-refractivity contribution < 1.29 is 9.36 Å². The van der Waals surface area contributed by atoms with Crippen LogP contribution < -0.4 is 10.3 Å². The quantitative estimate of drug-likeness (QED) is 0.480. The molecule has 0 amide bonds. The molecule has 0 saturated carbocycles. The zero-order chi connectivity index (χ0) is 18.1. The first kappa shape index (κ1) is 18.0. The Balaban J connectivity index is 1.92. The molecule has 2 aromatic carbocycles. The van der Waals surface area contributed by atoms with Gasteiger partial charge in [-0.15, -0.1) is 0 Å². The second-order valence-electron chi connectivity index (χ2n) is 5.62. The number of aromatic nitrogens is 2. The SMILES string of the molecule is Cn1c(-c2ccc(Cl)c(Cl)c2)c[n+](CC(=O)c2ccc(Br)cc2)c1N. The van der Waals surface area contributed by atoms with E-state index in [9.17, 15) is 4.79 Å². The second kappa shape index (κ2) is 7.20. The second-order valence-corrected chi connectivity index (χ2v) is 7.35. The summed E-state index contributed by atoms with van der Waals surface area (Å²) < 4.78 is 4.47. The molecule has 0 fully saturated rings. The zero-order valence-corrected chi connectivity index (χ0v) is 16.4. The third kappa shape index (κ3) is 3.73. The van der Waals surface area contributed by atoms with Gasteiger partial charge < -0.3 is 0 Å². The Labute approximate surface area is 163 Å². The van der Waals surface area contributed by atoms with Crippen molar-refractivity contribution in [3.05, 3.63) is 68.7 Å². The molecular weight excluding hydrogens is 425 g/mol. The highest BCUT2D eigenvalue weighted by atomic mass is 79.9. The fourth-order valence-electron chi connectivity index (χ4n) is 2.55. The minimum Gasteiger partial charge on any atom is -0.291 e. The van der Waals surface area contributed by atoms with Gasteiger partial charge in [-0.1, -0.05) is 51.3 Å². The first-order valence-electron chi connectivity index (χ1n) is 7.45. The lowest BCUT2D eigenvalue weighted by Gasteiger charge is -2.01. The van der Waals surface area contributed by atoms with E-state index in [0.29, 0.717) is 21.6 Å². The lowest BCUT2D eigenvalue weighted by atomic mass is 10.1. The fraction of sp³-hybridized carbons (Fsp3) is 0.111. The number of hydrogen-bond donors (Lipinski definition) is 1. The van der Waals surface area contributed by atoms with Gasteiger partial charge in [0.1, 0.15) is 18.4 Å². The molecule has 0 aliphatic heterocycles. The van der Waals surface area contributed by atoms with E-state index in [1.165, 1.54) is 0 Å². The number of rotatable bonds is 4. The number of carbonyl (C=O) groups is 1. The summed E-state index contributed by atoms with van der Waals surface area (Å²) in [5.41, 5.74) is 8.52. The molecule has 0 aliphatic rings. The van der Waals surface area contributed by atoms with E-state index in [-0.39, 0.29) is 12.3 Å². The number of ketones is 1. The predicted molar refractivity (Wildman–Crippen MR) is 104 cm³/mol. The van der Waals surface area contributed by atoms with E-state index >= 15 is 0 Å². The number of benzene rings is 2. The normalized spacial score (nSPS) is 10.9. The van der Waals surface area contributed by atoms with Crippen molar-refractivity contribution in [3.8, 4) is 11.3 Å². The van der Waals surface area contributed by atoms with E-state index in [1.807, 2.05) is 36.0 Å². The van der Waals surface area contributed by atoms with Crippen molar-refractivity contribution in [2.75, 3.05) is 5.73 Å². The van der Waals surface area contributed by atoms with Crippen molar-refractivity contribution in [3.63, 3.8) is 0 Å². The molecular formula is C18H15BrCl2N3O+. The Bertz CT molecular complexity index is 952. The highest BCUT2D eigenvalue weighted by Gasteiger charge is 2.20. The van der Waals surface area contributed by atoms with Crippen LogP contribution in [0, 0.1) is 0 Å². The Kier molecular flexibility index (Phi) is 5.18. The summed E-state index contributed by atoms with van der Waals surface area (Å²) in [5, 5.41) is 0.960. The topological polar surface area (TPSA) is 51.9 Å². The summed E-state index contributed by atoms with van der Waals surface area (Å²) in [7, 11) is 1.84. The molecule has 0 unspecified atom stereocenters. The van der Waals surface area contributed by atoms with Crippen LogP contribution in [0.3, 0.4) is 0 Å². The molecule has 4 nitrogen and oxygen atoms in total. The van der Waals surface area contributed by atoms with Gasteiger partial charge in [-0.25, -0.2) is 9.13 Å². The van der Waals surface area contributed by atoms with Gasteiger partial charge in [0.15, 0.2) is 5.78 Å². The minimum absolute atomic E-state index is 0.0181. The first-order chi connectivity index (χ1) is 11.9. The summed E-state index contributed by atoms with van der Waals surface area (Å²) in [6.45, 7) is 0.155. The minimum atomic E-state index is -0.0181. The van der Waals surface area contributed by atoms with Gasteiger partial charge in [-0.05, 0) is 30.3 Å². The Hall–Kier alpha value is -1.82. The maximum Gasteiger partial charge on any atom is 0.355 e. The van der Waals surface area contributed by atoms with Gasteiger partial charge in [0, 0.05) is 15.6 Å². The van der Waals surface area contributed by atoms with Crippen LogP contribution in [0.15, 0.2) is 53.1 Å². The average molecular weight is 440 g/mol. The number of hydrogen-bond acceptors (Lipinski definition) is 2. The monoisotopic (exact) mass is 438 g/mol. The number of Topliss-reactive ketones (excluding diaryl/α,β-unsaturated/α-hetero) is 1. The van der Waals surface area contributed by atoms with Crippen LogP contribution >= 0.6 is 39.1 Å². The number of nitrogens with zero attached hydrogens (tertiary/aromatic N) is 2.